The van der Waals surface area contributed by atoms with Gasteiger partial charge in [-0.25, -0.2) is 23.1 Å². The fourth-order valence-corrected chi connectivity index (χ4v) is 5.83. The molecule has 5 aromatic rings. The third kappa shape index (κ3) is 6.66. The zero-order valence-corrected chi connectivity index (χ0v) is 25.6. The standard InChI is InChI=1S/C30H25ClF6N8O3/c31-17-2-1-16(19(32)9-17)14-47-28-21(34)10-20(33)25(39-28)15-3-6-44(7-4-15)13-24-38-23-11-22(26-40-29(48-43-26)30(35,36)37)41-42-27(23)45(24)12-18-5-8-46-18/h1-2,9-11,15,18H,3-8,12-14H2/t18-/m0/s1. The maximum Gasteiger partial charge on any atom is 0.471 e. The van der Waals surface area contributed by atoms with Crippen LogP contribution >= 0.6 is 11.6 Å². The molecule has 0 radical (unpaired) electrons. The molecular weight excluding hydrogens is 670 g/mol. The zero-order chi connectivity index (χ0) is 33.6. The Morgan fingerprint density at radius 2 is 1.73 bits per heavy atom. The third-order valence-electron chi connectivity index (χ3n) is 8.29. The molecule has 0 aliphatic carbocycles. The van der Waals surface area contributed by atoms with Crippen LogP contribution in [0.3, 0.4) is 0 Å². The van der Waals surface area contributed by atoms with Gasteiger partial charge in [0.15, 0.2) is 11.5 Å². The predicted octanol–water partition coefficient (Wildman–Crippen LogP) is 6.11. The molecule has 0 spiro atoms. The number of piperidine rings is 1. The van der Waals surface area contributed by atoms with Gasteiger partial charge in [-0.15, -0.1) is 10.2 Å². The summed E-state index contributed by atoms with van der Waals surface area (Å²) in [7, 11) is 0. The summed E-state index contributed by atoms with van der Waals surface area (Å²) in [6.07, 6.45) is -3.02. The molecule has 2 fully saturated rings. The number of likely N-dealkylation sites (tertiary alicyclic amines) is 1. The number of imidazole rings is 1. The van der Waals surface area contributed by atoms with Gasteiger partial charge < -0.3 is 18.6 Å². The summed E-state index contributed by atoms with van der Waals surface area (Å²) in [5, 5.41) is 11.8. The second kappa shape index (κ2) is 12.9. The van der Waals surface area contributed by atoms with Crippen LogP contribution in [0.15, 0.2) is 34.9 Å². The number of nitrogens with zero attached hydrogens (tertiary/aromatic N) is 8. The molecule has 2 saturated heterocycles. The van der Waals surface area contributed by atoms with E-state index in [1.807, 2.05) is 4.57 Å². The quantitative estimate of drug-likeness (QED) is 0.167. The highest BCUT2D eigenvalue weighted by atomic mass is 35.5. The fourth-order valence-electron chi connectivity index (χ4n) is 5.67. The second-order valence-electron chi connectivity index (χ2n) is 11.5. The lowest BCUT2D eigenvalue weighted by molar-refractivity contribution is -0.159. The smallest absolute Gasteiger partial charge is 0.471 e. The highest BCUT2D eigenvalue weighted by Crippen LogP contribution is 2.33. The minimum Gasteiger partial charge on any atom is -0.471 e. The van der Waals surface area contributed by atoms with E-state index in [0.717, 1.165) is 18.6 Å². The SMILES string of the molecule is Fc1cc(Cl)ccc1COc1nc(C2CCN(Cc3nc4cc(-c5noc(C(F)(F)F)n5)nnc4n3C[C@@H]3CCO3)CC2)c(F)cc1F. The molecule has 252 valence electrons. The first-order chi connectivity index (χ1) is 23.0. The fraction of sp³-hybridized carbons (Fsp3) is 0.400. The van der Waals surface area contributed by atoms with Gasteiger partial charge in [0.1, 0.15) is 35.3 Å². The maximum atomic E-state index is 14.9. The van der Waals surface area contributed by atoms with E-state index in [2.05, 4.69) is 34.7 Å². The van der Waals surface area contributed by atoms with Crippen LogP contribution < -0.4 is 4.74 Å². The number of halogens is 7. The summed E-state index contributed by atoms with van der Waals surface area (Å²) < 4.78 is 99.8. The number of fused-ring (bicyclic) bond motifs is 1. The lowest BCUT2D eigenvalue weighted by Gasteiger charge is -2.32. The van der Waals surface area contributed by atoms with Crippen LogP contribution in [0.5, 0.6) is 5.88 Å². The molecule has 1 atom stereocenters. The van der Waals surface area contributed by atoms with Crippen LogP contribution in [-0.2, 0) is 30.6 Å². The molecular formula is C30H25ClF6N8O3. The van der Waals surface area contributed by atoms with Crippen molar-refractivity contribution in [1.82, 2.24) is 39.8 Å². The van der Waals surface area contributed by atoms with Crippen LogP contribution in [0.4, 0.5) is 26.3 Å². The average molecular weight is 695 g/mol. The molecule has 0 bridgehead atoms. The summed E-state index contributed by atoms with van der Waals surface area (Å²) in [4.78, 5) is 14.4. The number of hydrogen-bond donors (Lipinski definition) is 0. The highest BCUT2D eigenvalue weighted by molar-refractivity contribution is 6.30. The summed E-state index contributed by atoms with van der Waals surface area (Å²) in [6.45, 7) is 2.19. The minimum atomic E-state index is -4.80. The normalized spacial score (nSPS) is 17.6. The van der Waals surface area contributed by atoms with Gasteiger partial charge in [0.25, 0.3) is 5.88 Å². The van der Waals surface area contributed by atoms with E-state index in [0.29, 0.717) is 62.6 Å². The van der Waals surface area contributed by atoms with Gasteiger partial charge >= 0.3 is 12.1 Å². The van der Waals surface area contributed by atoms with Gasteiger partial charge in [-0.05, 0) is 50.6 Å². The lowest BCUT2D eigenvalue weighted by atomic mass is 9.92. The molecule has 11 nitrogen and oxygen atoms in total. The van der Waals surface area contributed by atoms with Gasteiger partial charge in [-0.3, -0.25) is 4.90 Å². The molecule has 1 aromatic carbocycles. The molecule has 2 aliphatic heterocycles. The van der Waals surface area contributed by atoms with Crippen molar-refractivity contribution in [2.75, 3.05) is 19.7 Å². The Bertz CT molecular complexity index is 1960. The van der Waals surface area contributed by atoms with Crippen molar-refractivity contribution in [2.45, 2.75) is 57.2 Å². The Morgan fingerprint density at radius 3 is 2.42 bits per heavy atom. The van der Waals surface area contributed by atoms with Crippen molar-refractivity contribution in [1.29, 1.82) is 0 Å². The van der Waals surface area contributed by atoms with Gasteiger partial charge in [0.2, 0.25) is 5.82 Å². The van der Waals surface area contributed by atoms with E-state index in [4.69, 9.17) is 26.1 Å². The molecule has 0 unspecified atom stereocenters. The molecule has 7 rings (SSSR count). The Hall–Kier alpha value is -4.35. The molecule has 6 heterocycles. The van der Waals surface area contributed by atoms with Gasteiger partial charge in [0, 0.05) is 29.2 Å². The highest BCUT2D eigenvalue weighted by Gasteiger charge is 2.39. The van der Waals surface area contributed by atoms with Crippen LogP contribution in [0.1, 0.15) is 48.2 Å². The molecule has 48 heavy (non-hydrogen) atoms. The summed E-state index contributed by atoms with van der Waals surface area (Å²) in [5.74, 6) is -4.40. The number of ether oxygens (including phenoxy) is 2. The monoisotopic (exact) mass is 694 g/mol. The number of pyridine rings is 1. The number of alkyl halides is 3. The number of aromatic nitrogens is 7. The van der Waals surface area contributed by atoms with Crippen molar-refractivity contribution in [2.24, 2.45) is 0 Å². The molecule has 18 heteroatoms. The molecule has 0 amide bonds. The molecule has 2 aliphatic rings. The Balaban J connectivity index is 1.06. The van der Waals surface area contributed by atoms with E-state index in [1.54, 1.807) is 0 Å². The molecule has 0 N–H and O–H groups in total. The Morgan fingerprint density at radius 1 is 0.938 bits per heavy atom. The summed E-state index contributed by atoms with van der Waals surface area (Å²) in [6, 6.07) is 6.17. The van der Waals surface area contributed by atoms with Gasteiger partial charge in [0.05, 0.1) is 24.9 Å². The van der Waals surface area contributed by atoms with Crippen molar-refractivity contribution < 1.29 is 40.3 Å². The summed E-state index contributed by atoms with van der Waals surface area (Å²) >= 11 is 5.78. The minimum absolute atomic E-state index is 0.0332. The number of benzene rings is 1. The van der Waals surface area contributed by atoms with E-state index in [9.17, 15) is 26.3 Å². The Labute approximate surface area is 272 Å². The first-order valence-electron chi connectivity index (χ1n) is 14.9. The topological polar surface area (TPSA) is 117 Å². The predicted molar refractivity (Wildman–Crippen MR) is 155 cm³/mol. The van der Waals surface area contributed by atoms with Crippen LogP contribution in [-0.4, -0.2) is 65.6 Å². The molecule has 4 aromatic heterocycles. The largest absolute Gasteiger partial charge is 0.471 e. The van der Waals surface area contributed by atoms with E-state index in [1.165, 1.54) is 18.2 Å². The van der Waals surface area contributed by atoms with Crippen LogP contribution in [0, 0.1) is 17.5 Å². The summed E-state index contributed by atoms with van der Waals surface area (Å²) in [5.41, 5.74) is 0.972. The van der Waals surface area contributed by atoms with Gasteiger partial charge in [-0.1, -0.05) is 22.8 Å². The maximum absolute atomic E-state index is 14.9. The van der Waals surface area contributed by atoms with Gasteiger partial charge in [-0.2, -0.15) is 18.2 Å². The van der Waals surface area contributed by atoms with E-state index >= 15 is 0 Å². The Kier molecular flexibility index (Phi) is 8.68. The average Bonchev–Trinajstić information content (AvgIpc) is 3.65. The van der Waals surface area contributed by atoms with Crippen LogP contribution in [0.2, 0.25) is 5.02 Å². The van der Waals surface area contributed by atoms with Crippen molar-refractivity contribution in [3.05, 3.63) is 75.8 Å². The van der Waals surface area contributed by atoms with Crippen molar-refractivity contribution in [3.8, 4) is 17.4 Å². The van der Waals surface area contributed by atoms with Crippen molar-refractivity contribution >= 4 is 22.8 Å². The van der Waals surface area contributed by atoms with Crippen molar-refractivity contribution in [3.63, 3.8) is 0 Å². The lowest BCUT2D eigenvalue weighted by Crippen LogP contribution is -2.35. The molecule has 0 saturated carbocycles. The van der Waals surface area contributed by atoms with E-state index in [-0.39, 0.29) is 46.4 Å². The second-order valence-corrected chi connectivity index (χ2v) is 11.9. The number of hydrogen-bond acceptors (Lipinski definition) is 10. The zero-order valence-electron chi connectivity index (χ0n) is 24.9. The first kappa shape index (κ1) is 32.2. The van der Waals surface area contributed by atoms with E-state index < -0.39 is 35.4 Å². The third-order valence-corrected chi connectivity index (χ3v) is 8.53. The number of rotatable bonds is 9. The first-order valence-corrected chi connectivity index (χ1v) is 15.3. The van der Waals surface area contributed by atoms with Crippen LogP contribution in [0.25, 0.3) is 22.7 Å².